The van der Waals surface area contributed by atoms with Crippen molar-refractivity contribution >= 4 is 22.7 Å². The van der Waals surface area contributed by atoms with Gasteiger partial charge in [-0.3, -0.25) is 4.79 Å². The summed E-state index contributed by atoms with van der Waals surface area (Å²) < 4.78 is 78.3. The Labute approximate surface area is 178 Å². The molecule has 1 atom stereocenters. The topological polar surface area (TPSA) is 46.4 Å². The first-order valence-corrected chi connectivity index (χ1v) is 9.96. The molecule has 1 aromatic heterocycles. The molecule has 1 amide bonds. The maximum atomic E-state index is 12.9. The zero-order valence-corrected chi connectivity index (χ0v) is 17.1. The van der Waals surface area contributed by atoms with Crippen LogP contribution in [0.1, 0.15) is 34.1 Å². The van der Waals surface area contributed by atoms with Crippen LogP contribution in [0.25, 0.3) is 0 Å². The van der Waals surface area contributed by atoms with Crippen molar-refractivity contribution in [3.8, 4) is 0 Å². The SMILES string of the molecule is C[C@H](NC(=O)c1cc(C(F)(F)F)cn1C)C1=CN=C(c2cccc(C(F)(F)F)c2)SC1. The average Bonchev–Trinajstić information content (AvgIpc) is 3.10. The van der Waals surface area contributed by atoms with Gasteiger partial charge in [-0.05, 0) is 30.7 Å². The van der Waals surface area contributed by atoms with E-state index >= 15 is 0 Å². The number of hydrogen-bond acceptors (Lipinski definition) is 3. The van der Waals surface area contributed by atoms with E-state index < -0.39 is 35.4 Å². The first-order valence-electron chi connectivity index (χ1n) is 8.98. The third-order valence-corrected chi connectivity index (χ3v) is 5.72. The van der Waals surface area contributed by atoms with Crippen molar-refractivity contribution < 1.29 is 31.1 Å². The van der Waals surface area contributed by atoms with E-state index in [2.05, 4.69) is 10.3 Å². The number of halogens is 6. The molecule has 0 aliphatic carbocycles. The predicted octanol–water partition coefficient (Wildman–Crippen LogP) is 5.26. The van der Waals surface area contributed by atoms with E-state index in [1.54, 1.807) is 6.92 Å². The van der Waals surface area contributed by atoms with Crippen LogP contribution in [0.4, 0.5) is 26.3 Å². The number of rotatable bonds is 4. The normalized spacial score (nSPS) is 15.9. The number of aliphatic imine (C=N–C) groups is 1. The number of carbonyl (C=O) groups is 1. The molecule has 0 unspecified atom stereocenters. The Hall–Kier alpha value is -2.69. The summed E-state index contributed by atoms with van der Waals surface area (Å²) in [6.45, 7) is 1.66. The van der Waals surface area contributed by atoms with Gasteiger partial charge in [0.2, 0.25) is 0 Å². The van der Waals surface area contributed by atoms with E-state index in [1.807, 2.05) is 0 Å². The second kappa shape index (κ2) is 8.45. The quantitative estimate of drug-likeness (QED) is 0.632. The maximum absolute atomic E-state index is 12.9. The minimum atomic E-state index is -4.56. The Kier molecular flexibility index (Phi) is 6.26. The zero-order valence-electron chi connectivity index (χ0n) is 16.3. The summed E-state index contributed by atoms with van der Waals surface area (Å²) in [4.78, 5) is 16.6. The molecule has 1 N–H and O–H groups in total. The van der Waals surface area contributed by atoms with Gasteiger partial charge in [-0.25, -0.2) is 4.99 Å². The number of nitrogens with one attached hydrogen (secondary N) is 1. The monoisotopic (exact) mass is 461 g/mol. The van der Waals surface area contributed by atoms with E-state index in [4.69, 9.17) is 0 Å². The van der Waals surface area contributed by atoms with Gasteiger partial charge >= 0.3 is 12.4 Å². The molecule has 0 spiro atoms. The second-order valence-corrected chi connectivity index (χ2v) is 7.89. The van der Waals surface area contributed by atoms with Crippen LogP contribution in [0, 0.1) is 0 Å². The fourth-order valence-electron chi connectivity index (χ4n) is 2.90. The van der Waals surface area contributed by atoms with E-state index in [-0.39, 0.29) is 5.69 Å². The van der Waals surface area contributed by atoms with Crippen LogP contribution in [0.5, 0.6) is 0 Å². The van der Waals surface area contributed by atoms with Crippen molar-refractivity contribution in [3.63, 3.8) is 0 Å². The van der Waals surface area contributed by atoms with Gasteiger partial charge in [-0.15, -0.1) is 11.8 Å². The van der Waals surface area contributed by atoms with Gasteiger partial charge in [-0.1, -0.05) is 12.1 Å². The lowest BCUT2D eigenvalue weighted by Crippen LogP contribution is -2.36. The lowest BCUT2D eigenvalue weighted by atomic mass is 10.1. The summed E-state index contributed by atoms with van der Waals surface area (Å²) in [5.74, 6) is -0.318. The number of hydrogen-bond donors (Lipinski definition) is 1. The van der Waals surface area contributed by atoms with Crippen LogP contribution in [0.3, 0.4) is 0 Å². The maximum Gasteiger partial charge on any atom is 0.417 e. The van der Waals surface area contributed by atoms with Crippen molar-refractivity contribution in [3.05, 3.63) is 70.7 Å². The van der Waals surface area contributed by atoms with E-state index in [9.17, 15) is 31.1 Å². The number of thioether (sulfide) groups is 1. The van der Waals surface area contributed by atoms with Gasteiger partial charge in [0.05, 0.1) is 17.2 Å². The zero-order chi connectivity index (χ0) is 23.0. The molecule has 4 nitrogen and oxygen atoms in total. The summed E-state index contributed by atoms with van der Waals surface area (Å²) >= 11 is 1.21. The number of nitrogens with zero attached hydrogens (tertiary/aromatic N) is 2. The van der Waals surface area contributed by atoms with Gasteiger partial charge in [-0.2, -0.15) is 26.3 Å². The van der Waals surface area contributed by atoms with Crippen LogP contribution >= 0.6 is 11.8 Å². The molecule has 31 heavy (non-hydrogen) atoms. The number of aryl methyl sites for hydroxylation is 1. The fraction of sp³-hybridized carbons (Fsp3) is 0.300. The molecule has 0 saturated heterocycles. The smallest absolute Gasteiger partial charge is 0.346 e. The lowest BCUT2D eigenvalue weighted by Gasteiger charge is -2.20. The molecule has 1 aliphatic rings. The molecule has 2 heterocycles. The van der Waals surface area contributed by atoms with E-state index in [1.165, 1.54) is 37.1 Å². The number of alkyl halides is 6. The average molecular weight is 461 g/mol. The molecular formula is C20H17F6N3OS. The molecular weight excluding hydrogens is 444 g/mol. The summed E-state index contributed by atoms with van der Waals surface area (Å²) in [6, 6.07) is 5.07. The molecule has 1 aromatic carbocycles. The Balaban J connectivity index is 1.72. The Morgan fingerprint density at radius 3 is 2.35 bits per heavy atom. The third kappa shape index (κ3) is 5.33. The molecule has 166 valence electrons. The number of carbonyl (C=O) groups excluding carboxylic acids is 1. The van der Waals surface area contributed by atoms with Crippen molar-refractivity contribution in [1.29, 1.82) is 0 Å². The molecule has 11 heteroatoms. The summed E-state index contributed by atoms with van der Waals surface area (Å²) in [5.41, 5.74) is -0.828. The largest absolute Gasteiger partial charge is 0.417 e. The molecule has 0 bridgehead atoms. The van der Waals surface area contributed by atoms with Crippen LogP contribution in [0.2, 0.25) is 0 Å². The van der Waals surface area contributed by atoms with Crippen LogP contribution in [0.15, 0.2) is 53.3 Å². The lowest BCUT2D eigenvalue weighted by molar-refractivity contribution is -0.138. The van der Waals surface area contributed by atoms with Crippen LogP contribution in [-0.2, 0) is 19.4 Å². The standard InChI is InChI=1S/C20H17F6N3OS/c1-11(28-17(30)16-7-15(9-29(16)2)20(24,25)26)13-8-27-18(31-10-13)12-4-3-5-14(6-12)19(21,22)23/h3-9,11H,10H2,1-2H3,(H,28,30)/t11-/m0/s1. The van der Waals surface area contributed by atoms with E-state index in [0.29, 0.717) is 21.9 Å². The molecule has 2 aromatic rings. The second-order valence-electron chi connectivity index (χ2n) is 6.92. The summed E-state index contributed by atoms with van der Waals surface area (Å²) in [5, 5.41) is 3.04. The minimum Gasteiger partial charge on any atom is -0.346 e. The molecule has 0 radical (unpaired) electrons. The molecule has 3 rings (SSSR count). The summed E-state index contributed by atoms with van der Waals surface area (Å²) in [7, 11) is 1.34. The van der Waals surface area contributed by atoms with Gasteiger partial charge in [0.1, 0.15) is 10.7 Å². The molecule has 0 saturated carbocycles. The predicted molar refractivity (Wildman–Crippen MR) is 106 cm³/mol. The van der Waals surface area contributed by atoms with Crippen molar-refractivity contribution in [2.24, 2.45) is 12.0 Å². The van der Waals surface area contributed by atoms with Crippen molar-refractivity contribution in [1.82, 2.24) is 9.88 Å². The first-order chi connectivity index (χ1) is 14.4. The number of amides is 1. The van der Waals surface area contributed by atoms with Crippen LogP contribution < -0.4 is 5.32 Å². The highest BCUT2D eigenvalue weighted by Gasteiger charge is 2.33. The first kappa shape index (κ1) is 23.0. The highest BCUT2D eigenvalue weighted by Crippen LogP contribution is 2.32. The fourth-order valence-corrected chi connectivity index (χ4v) is 3.95. The minimum absolute atomic E-state index is 0.142. The van der Waals surface area contributed by atoms with Crippen molar-refractivity contribution in [2.45, 2.75) is 25.3 Å². The molecule has 0 fully saturated rings. The Morgan fingerprint density at radius 1 is 1.13 bits per heavy atom. The van der Waals surface area contributed by atoms with Gasteiger partial charge < -0.3 is 9.88 Å². The Bertz CT molecular complexity index is 1050. The molecule has 1 aliphatic heterocycles. The van der Waals surface area contributed by atoms with Gasteiger partial charge in [0.15, 0.2) is 0 Å². The number of benzene rings is 1. The highest BCUT2D eigenvalue weighted by molar-refractivity contribution is 8.14. The Morgan fingerprint density at radius 2 is 1.81 bits per heavy atom. The summed E-state index contributed by atoms with van der Waals surface area (Å²) in [6.07, 6.45) is -6.72. The third-order valence-electron chi connectivity index (χ3n) is 4.63. The van der Waals surface area contributed by atoms with Gasteiger partial charge in [0.25, 0.3) is 5.91 Å². The highest BCUT2D eigenvalue weighted by atomic mass is 32.2. The number of aromatic nitrogens is 1. The van der Waals surface area contributed by atoms with Gasteiger partial charge in [0, 0.05) is 30.8 Å². The van der Waals surface area contributed by atoms with Crippen molar-refractivity contribution in [2.75, 3.05) is 5.75 Å². The van der Waals surface area contributed by atoms with E-state index in [0.717, 1.165) is 29.0 Å². The van der Waals surface area contributed by atoms with Crippen LogP contribution in [-0.4, -0.2) is 27.3 Å².